The summed E-state index contributed by atoms with van der Waals surface area (Å²) in [6.07, 6.45) is 4.97. The first-order chi connectivity index (χ1) is 10.7. The second kappa shape index (κ2) is 6.09. The number of benzene rings is 1. The number of methoxy groups -OCH3 is 1. The molecule has 22 heavy (non-hydrogen) atoms. The van der Waals surface area contributed by atoms with Crippen LogP contribution in [0.15, 0.2) is 30.5 Å². The summed E-state index contributed by atoms with van der Waals surface area (Å²) >= 11 is 0. The number of nitrogens with zero attached hydrogens (tertiary/aromatic N) is 2. The summed E-state index contributed by atoms with van der Waals surface area (Å²) in [6.45, 7) is 0.234. The van der Waals surface area contributed by atoms with Crippen LogP contribution < -0.4 is 10.1 Å². The number of amides is 1. The second-order valence-corrected chi connectivity index (χ2v) is 5.42. The van der Waals surface area contributed by atoms with E-state index in [0.717, 1.165) is 12.8 Å². The van der Waals surface area contributed by atoms with Gasteiger partial charge in [0.2, 0.25) is 0 Å². The fourth-order valence-corrected chi connectivity index (χ4v) is 2.51. The number of carbonyl (C=O) groups excluding carboxylic acids is 1. The van der Waals surface area contributed by atoms with E-state index in [0.29, 0.717) is 23.0 Å². The van der Waals surface area contributed by atoms with Gasteiger partial charge in [0.05, 0.1) is 13.2 Å². The zero-order chi connectivity index (χ0) is 15.5. The molecule has 1 saturated carbocycles. The van der Waals surface area contributed by atoms with Gasteiger partial charge in [-0.05, 0) is 43.5 Å². The van der Waals surface area contributed by atoms with E-state index >= 15 is 0 Å². The Morgan fingerprint density at radius 1 is 1.45 bits per heavy atom. The number of ether oxygens (including phenoxy) is 1. The summed E-state index contributed by atoms with van der Waals surface area (Å²) in [4.78, 5) is 12.3. The number of hydrogen-bond acceptors (Lipinski definition) is 4. The number of hydrogen-bond donors (Lipinski definition) is 2. The van der Waals surface area contributed by atoms with Crippen molar-refractivity contribution in [2.24, 2.45) is 0 Å². The predicted octanol–water partition coefficient (Wildman–Crippen LogP) is 2.25. The van der Waals surface area contributed by atoms with Gasteiger partial charge in [0, 0.05) is 18.3 Å². The minimum atomic E-state index is -0.188. The molecule has 1 aromatic carbocycles. The van der Waals surface area contributed by atoms with Crippen LogP contribution in [-0.4, -0.2) is 27.9 Å². The van der Waals surface area contributed by atoms with Gasteiger partial charge >= 0.3 is 0 Å². The smallest absolute Gasteiger partial charge is 0.269 e. The number of phenolic OH excluding ortho intramolecular Hbond substituents is 1. The summed E-state index contributed by atoms with van der Waals surface area (Å²) < 4.78 is 6.92. The van der Waals surface area contributed by atoms with Gasteiger partial charge in [0.1, 0.15) is 17.2 Å². The van der Waals surface area contributed by atoms with Crippen LogP contribution in [0.3, 0.4) is 0 Å². The Bertz CT molecular complexity index is 677. The molecule has 116 valence electrons. The van der Waals surface area contributed by atoms with Gasteiger partial charge in [-0.15, -0.1) is 0 Å². The first kappa shape index (κ1) is 14.4. The molecule has 0 unspecified atom stereocenters. The molecule has 0 atom stereocenters. The highest BCUT2D eigenvalue weighted by Gasteiger charge is 2.24. The second-order valence-electron chi connectivity index (χ2n) is 5.42. The number of phenols is 1. The van der Waals surface area contributed by atoms with Crippen molar-refractivity contribution in [3.63, 3.8) is 0 Å². The highest BCUT2D eigenvalue weighted by atomic mass is 16.5. The molecule has 0 saturated heterocycles. The molecule has 1 aromatic heterocycles. The molecule has 1 aliphatic carbocycles. The van der Waals surface area contributed by atoms with Crippen molar-refractivity contribution in [2.45, 2.75) is 31.8 Å². The maximum absolute atomic E-state index is 12.3. The Morgan fingerprint density at radius 2 is 2.27 bits per heavy atom. The molecule has 6 heteroatoms. The van der Waals surface area contributed by atoms with Crippen LogP contribution in [0.2, 0.25) is 0 Å². The van der Waals surface area contributed by atoms with Crippen molar-refractivity contribution in [1.29, 1.82) is 0 Å². The van der Waals surface area contributed by atoms with Crippen molar-refractivity contribution < 1.29 is 14.6 Å². The molecule has 1 heterocycles. The Balaban J connectivity index is 1.69. The third-order valence-electron chi connectivity index (χ3n) is 4.05. The first-order valence-corrected chi connectivity index (χ1v) is 7.36. The van der Waals surface area contributed by atoms with Gasteiger partial charge in [-0.25, -0.2) is 0 Å². The van der Waals surface area contributed by atoms with Crippen LogP contribution in [0.4, 0.5) is 0 Å². The molecule has 0 radical (unpaired) electrons. The molecule has 1 fully saturated rings. The average Bonchev–Trinajstić information content (AvgIpc) is 2.93. The lowest BCUT2D eigenvalue weighted by atomic mass is 9.93. The minimum Gasteiger partial charge on any atom is -0.508 e. The largest absolute Gasteiger partial charge is 0.508 e. The van der Waals surface area contributed by atoms with Crippen LogP contribution >= 0.6 is 0 Å². The molecule has 3 rings (SSSR count). The van der Waals surface area contributed by atoms with Crippen LogP contribution in [0.5, 0.6) is 11.5 Å². The van der Waals surface area contributed by atoms with Gasteiger partial charge in [0.15, 0.2) is 0 Å². The molecule has 0 aliphatic heterocycles. The lowest BCUT2D eigenvalue weighted by Crippen LogP contribution is -2.29. The molecule has 0 bridgehead atoms. The summed E-state index contributed by atoms with van der Waals surface area (Å²) in [5, 5.41) is 16.9. The lowest BCUT2D eigenvalue weighted by molar-refractivity contribution is 0.0932. The number of aromatic nitrogens is 2. The van der Waals surface area contributed by atoms with Crippen LogP contribution in [0.25, 0.3) is 0 Å². The lowest BCUT2D eigenvalue weighted by Gasteiger charge is -2.27. The molecule has 1 amide bonds. The van der Waals surface area contributed by atoms with Crippen molar-refractivity contribution in [3.05, 3.63) is 41.7 Å². The van der Waals surface area contributed by atoms with Crippen molar-refractivity contribution in [3.8, 4) is 11.5 Å². The third-order valence-corrected chi connectivity index (χ3v) is 4.05. The van der Waals surface area contributed by atoms with Gasteiger partial charge in [0.25, 0.3) is 5.91 Å². The zero-order valence-corrected chi connectivity index (χ0v) is 12.5. The first-order valence-electron chi connectivity index (χ1n) is 7.36. The molecular weight excluding hydrogens is 282 g/mol. The molecular formula is C16H19N3O3. The van der Waals surface area contributed by atoms with E-state index in [1.54, 1.807) is 42.3 Å². The normalized spacial score (nSPS) is 14.4. The highest BCUT2D eigenvalue weighted by Crippen LogP contribution is 2.31. The summed E-state index contributed by atoms with van der Waals surface area (Å²) in [6, 6.07) is 6.99. The highest BCUT2D eigenvalue weighted by molar-refractivity contribution is 5.92. The Hall–Kier alpha value is -2.50. The molecule has 0 spiro atoms. The average molecular weight is 301 g/mol. The van der Waals surface area contributed by atoms with E-state index in [4.69, 9.17) is 4.74 Å². The Kier molecular flexibility index (Phi) is 4.00. The SMILES string of the molecule is COc1ccc(O)c(CNC(=O)c2ccnn2C2CCC2)c1. The van der Waals surface area contributed by atoms with Crippen molar-refractivity contribution >= 4 is 5.91 Å². The van der Waals surface area contributed by atoms with Gasteiger partial charge in [-0.1, -0.05) is 0 Å². The zero-order valence-electron chi connectivity index (χ0n) is 12.5. The van der Waals surface area contributed by atoms with Gasteiger partial charge < -0.3 is 15.2 Å². The fraction of sp³-hybridized carbons (Fsp3) is 0.375. The minimum absolute atomic E-state index is 0.133. The van der Waals surface area contributed by atoms with E-state index in [1.807, 2.05) is 0 Å². The van der Waals surface area contributed by atoms with E-state index in [-0.39, 0.29) is 18.2 Å². The van der Waals surface area contributed by atoms with E-state index in [2.05, 4.69) is 10.4 Å². The number of carbonyl (C=O) groups is 1. The van der Waals surface area contributed by atoms with Crippen molar-refractivity contribution in [2.75, 3.05) is 7.11 Å². The third kappa shape index (κ3) is 2.77. The molecule has 2 aromatic rings. The summed E-state index contributed by atoms with van der Waals surface area (Å²) in [5.41, 5.74) is 1.18. The van der Waals surface area contributed by atoms with Crippen LogP contribution in [0, 0.1) is 0 Å². The Morgan fingerprint density at radius 3 is 2.95 bits per heavy atom. The number of rotatable bonds is 5. The molecule has 2 N–H and O–H groups in total. The maximum atomic E-state index is 12.3. The summed E-state index contributed by atoms with van der Waals surface area (Å²) in [7, 11) is 1.56. The van der Waals surface area contributed by atoms with E-state index in [9.17, 15) is 9.90 Å². The van der Waals surface area contributed by atoms with Crippen LogP contribution in [0.1, 0.15) is 41.4 Å². The predicted molar refractivity (Wildman–Crippen MR) is 80.9 cm³/mol. The molecule has 6 nitrogen and oxygen atoms in total. The quantitative estimate of drug-likeness (QED) is 0.888. The van der Waals surface area contributed by atoms with Crippen LogP contribution in [-0.2, 0) is 6.54 Å². The standard InChI is InChI=1S/C16H19N3O3/c1-22-13-5-6-15(20)11(9-13)10-17-16(21)14-7-8-18-19(14)12-3-2-4-12/h5-9,12,20H,2-4,10H2,1H3,(H,17,21). The van der Waals surface area contributed by atoms with Gasteiger partial charge in [-0.3, -0.25) is 9.48 Å². The topological polar surface area (TPSA) is 76.4 Å². The number of aromatic hydroxyl groups is 1. The van der Waals surface area contributed by atoms with E-state index < -0.39 is 0 Å². The monoisotopic (exact) mass is 301 g/mol. The van der Waals surface area contributed by atoms with E-state index in [1.165, 1.54) is 6.42 Å². The number of nitrogens with one attached hydrogen (secondary N) is 1. The molecule has 1 aliphatic rings. The van der Waals surface area contributed by atoms with Gasteiger partial charge in [-0.2, -0.15) is 5.10 Å². The maximum Gasteiger partial charge on any atom is 0.269 e. The van der Waals surface area contributed by atoms with Crippen molar-refractivity contribution in [1.82, 2.24) is 15.1 Å². The summed E-state index contributed by atoms with van der Waals surface area (Å²) in [5.74, 6) is 0.585. The fourth-order valence-electron chi connectivity index (χ4n) is 2.51. The Labute approximate surface area is 128 Å².